The number of ether oxygens (including phenoxy) is 1. The topological polar surface area (TPSA) is 63.2 Å². The number of nitrogens with one attached hydrogen (secondary N) is 2. The van der Waals surface area contributed by atoms with Crippen LogP contribution in [-0.4, -0.2) is 30.2 Å². The molecule has 2 atom stereocenters. The quantitative estimate of drug-likeness (QED) is 0.879. The van der Waals surface area contributed by atoms with Crippen LogP contribution in [0.4, 0.5) is 4.79 Å². The van der Waals surface area contributed by atoms with Gasteiger partial charge in [-0.15, -0.1) is 0 Å². The van der Waals surface area contributed by atoms with Crippen molar-refractivity contribution in [3.8, 4) is 0 Å². The van der Waals surface area contributed by atoms with Gasteiger partial charge in [-0.2, -0.15) is 0 Å². The zero-order valence-corrected chi connectivity index (χ0v) is 13.3. The van der Waals surface area contributed by atoms with E-state index in [9.17, 15) is 4.79 Å². The molecule has 5 heteroatoms. The highest BCUT2D eigenvalue weighted by molar-refractivity contribution is 5.74. The molecule has 120 valence electrons. The van der Waals surface area contributed by atoms with Crippen LogP contribution in [0.25, 0.3) is 0 Å². The van der Waals surface area contributed by atoms with Crippen molar-refractivity contribution in [3.63, 3.8) is 0 Å². The highest BCUT2D eigenvalue weighted by Gasteiger charge is 2.45. The van der Waals surface area contributed by atoms with E-state index in [1.807, 2.05) is 12.1 Å². The number of carbonyl (C=O) groups is 1. The summed E-state index contributed by atoms with van der Waals surface area (Å²) in [5, 5.41) is 6.11. The van der Waals surface area contributed by atoms with Gasteiger partial charge in [-0.3, -0.25) is 4.98 Å². The van der Waals surface area contributed by atoms with E-state index in [2.05, 4.69) is 29.5 Å². The summed E-state index contributed by atoms with van der Waals surface area (Å²) in [4.78, 5) is 16.3. The van der Waals surface area contributed by atoms with Gasteiger partial charge in [-0.05, 0) is 36.7 Å². The summed E-state index contributed by atoms with van der Waals surface area (Å²) in [5.41, 5.74) is 1.35. The van der Waals surface area contributed by atoms with Crippen LogP contribution in [0.3, 0.4) is 0 Å². The second-order valence-corrected chi connectivity index (χ2v) is 6.82. The van der Waals surface area contributed by atoms with Crippen molar-refractivity contribution in [2.24, 2.45) is 11.3 Å². The minimum Gasteiger partial charge on any atom is -0.371 e. The summed E-state index contributed by atoms with van der Waals surface area (Å²) >= 11 is 0. The number of rotatable bonds is 5. The van der Waals surface area contributed by atoms with Gasteiger partial charge < -0.3 is 15.4 Å². The van der Waals surface area contributed by atoms with Crippen molar-refractivity contribution in [2.75, 3.05) is 13.2 Å². The number of aromatic nitrogens is 1. The Bertz CT molecular complexity index is 514. The summed E-state index contributed by atoms with van der Waals surface area (Å²) in [7, 11) is 0. The van der Waals surface area contributed by atoms with Gasteiger partial charge >= 0.3 is 6.03 Å². The van der Waals surface area contributed by atoms with Gasteiger partial charge in [-0.25, -0.2) is 4.79 Å². The first kappa shape index (κ1) is 15.3. The average molecular weight is 303 g/mol. The Morgan fingerprint density at radius 1 is 1.50 bits per heavy atom. The molecule has 1 aromatic rings. The molecule has 5 nitrogen and oxygen atoms in total. The molecule has 2 N–H and O–H groups in total. The fraction of sp³-hybridized carbons (Fsp3) is 0.647. The smallest absolute Gasteiger partial charge is 0.315 e. The molecule has 1 aromatic heterocycles. The van der Waals surface area contributed by atoms with E-state index >= 15 is 0 Å². The number of amides is 2. The Labute approximate surface area is 131 Å². The number of urea groups is 1. The van der Waals surface area contributed by atoms with Gasteiger partial charge in [0.15, 0.2) is 0 Å². The zero-order chi connectivity index (χ0) is 15.6. The van der Waals surface area contributed by atoms with Gasteiger partial charge in [0.05, 0.1) is 6.04 Å². The minimum atomic E-state index is -0.0977. The highest BCUT2D eigenvalue weighted by Crippen LogP contribution is 2.51. The lowest BCUT2D eigenvalue weighted by molar-refractivity contribution is 0.0995. The maximum Gasteiger partial charge on any atom is 0.315 e. The molecule has 0 unspecified atom stereocenters. The Morgan fingerprint density at radius 3 is 2.95 bits per heavy atom. The molecule has 3 rings (SSSR count). The third kappa shape index (κ3) is 3.24. The van der Waals surface area contributed by atoms with E-state index in [0.29, 0.717) is 17.9 Å². The standard InChI is InChI=1S/C17H25N3O2/c1-12(2)17(6-7-17)11-19-16(21)20-14-5-9-22-15(14)13-4-3-8-18-10-13/h3-4,8,10,12,14-15H,5-7,9,11H2,1-2H3,(H2,19,20,21)/t14-,15+/m0/s1. The summed E-state index contributed by atoms with van der Waals surface area (Å²) in [6.07, 6.45) is 6.72. The maximum absolute atomic E-state index is 12.2. The van der Waals surface area contributed by atoms with Crippen LogP contribution < -0.4 is 10.6 Å². The minimum absolute atomic E-state index is 0.0124. The van der Waals surface area contributed by atoms with E-state index < -0.39 is 0 Å². The van der Waals surface area contributed by atoms with Crippen molar-refractivity contribution in [1.82, 2.24) is 15.6 Å². The molecule has 1 saturated carbocycles. The molecule has 0 aromatic carbocycles. The molecule has 0 spiro atoms. The predicted molar refractivity (Wildman–Crippen MR) is 84.4 cm³/mol. The number of pyridine rings is 1. The van der Waals surface area contributed by atoms with Gasteiger partial charge in [0.25, 0.3) is 0 Å². The van der Waals surface area contributed by atoms with E-state index in [0.717, 1.165) is 18.5 Å². The first-order valence-corrected chi connectivity index (χ1v) is 8.17. The largest absolute Gasteiger partial charge is 0.371 e. The molecular formula is C17H25N3O2. The van der Waals surface area contributed by atoms with Crippen LogP contribution in [0.15, 0.2) is 24.5 Å². The molecular weight excluding hydrogens is 278 g/mol. The second-order valence-electron chi connectivity index (χ2n) is 6.82. The first-order valence-electron chi connectivity index (χ1n) is 8.17. The van der Waals surface area contributed by atoms with Gasteiger partial charge in [0, 0.05) is 31.1 Å². The second kappa shape index (κ2) is 6.24. The Morgan fingerprint density at radius 2 is 2.32 bits per heavy atom. The SMILES string of the molecule is CC(C)C1(CNC(=O)N[C@H]2CCO[C@@H]2c2cccnc2)CC1. The number of hydrogen-bond acceptors (Lipinski definition) is 3. The van der Waals surface area contributed by atoms with Gasteiger partial charge in [0.2, 0.25) is 0 Å². The van der Waals surface area contributed by atoms with Gasteiger partial charge in [-0.1, -0.05) is 19.9 Å². The Hall–Kier alpha value is -1.62. The summed E-state index contributed by atoms with van der Waals surface area (Å²) in [6.45, 7) is 5.90. The van der Waals surface area contributed by atoms with Gasteiger partial charge in [0.1, 0.15) is 6.10 Å². The summed E-state index contributed by atoms with van der Waals surface area (Å²) in [5.74, 6) is 0.616. The molecule has 22 heavy (non-hydrogen) atoms. The first-order chi connectivity index (χ1) is 10.6. The molecule has 2 fully saturated rings. The van der Waals surface area contributed by atoms with Crippen LogP contribution >= 0.6 is 0 Å². The van der Waals surface area contributed by atoms with E-state index in [1.165, 1.54) is 12.8 Å². The molecule has 2 heterocycles. The fourth-order valence-corrected chi connectivity index (χ4v) is 3.20. The van der Waals surface area contributed by atoms with Crippen LogP contribution in [-0.2, 0) is 4.74 Å². The molecule has 1 aliphatic heterocycles. The highest BCUT2D eigenvalue weighted by atomic mass is 16.5. The molecule has 0 radical (unpaired) electrons. The van der Waals surface area contributed by atoms with Crippen LogP contribution in [0, 0.1) is 11.3 Å². The van der Waals surface area contributed by atoms with E-state index in [-0.39, 0.29) is 18.2 Å². The number of hydrogen-bond donors (Lipinski definition) is 2. The zero-order valence-electron chi connectivity index (χ0n) is 13.3. The lowest BCUT2D eigenvalue weighted by atomic mass is 9.92. The van der Waals surface area contributed by atoms with Crippen LogP contribution in [0.2, 0.25) is 0 Å². The normalized spacial score (nSPS) is 26.0. The molecule has 0 bridgehead atoms. The maximum atomic E-state index is 12.2. The molecule has 1 saturated heterocycles. The molecule has 2 amide bonds. The Balaban J connectivity index is 1.52. The number of carbonyl (C=O) groups excluding carboxylic acids is 1. The third-order valence-electron chi connectivity index (χ3n) is 5.14. The van der Waals surface area contributed by atoms with Crippen molar-refractivity contribution >= 4 is 6.03 Å². The summed E-state index contributed by atoms with van der Waals surface area (Å²) in [6, 6.07) is 3.82. The number of nitrogens with zero attached hydrogens (tertiary/aromatic N) is 1. The van der Waals surface area contributed by atoms with E-state index in [4.69, 9.17) is 4.74 Å². The third-order valence-corrected chi connectivity index (χ3v) is 5.14. The Kier molecular flexibility index (Phi) is 4.34. The lowest BCUT2D eigenvalue weighted by Crippen LogP contribution is -2.45. The van der Waals surface area contributed by atoms with Crippen molar-refractivity contribution < 1.29 is 9.53 Å². The van der Waals surface area contributed by atoms with Crippen LogP contribution in [0.5, 0.6) is 0 Å². The van der Waals surface area contributed by atoms with Crippen molar-refractivity contribution in [3.05, 3.63) is 30.1 Å². The lowest BCUT2D eigenvalue weighted by Gasteiger charge is -2.23. The fourth-order valence-electron chi connectivity index (χ4n) is 3.20. The predicted octanol–water partition coefficient (Wildman–Crippen LogP) is 2.65. The summed E-state index contributed by atoms with van der Waals surface area (Å²) < 4.78 is 5.77. The molecule has 1 aliphatic carbocycles. The van der Waals surface area contributed by atoms with Crippen molar-refractivity contribution in [1.29, 1.82) is 0 Å². The van der Waals surface area contributed by atoms with E-state index in [1.54, 1.807) is 12.4 Å². The molecule has 2 aliphatic rings. The van der Waals surface area contributed by atoms with Crippen molar-refractivity contribution in [2.45, 2.75) is 45.3 Å². The monoisotopic (exact) mass is 303 g/mol. The van der Waals surface area contributed by atoms with Crippen LogP contribution in [0.1, 0.15) is 44.8 Å². The average Bonchev–Trinajstić information content (AvgIpc) is 3.19.